The Balaban J connectivity index is 1.97. The molecular formula is C17H22ClF3N2O2. The third kappa shape index (κ3) is 6.06. The van der Waals surface area contributed by atoms with Crippen LogP contribution in [-0.4, -0.2) is 17.0 Å². The monoisotopic (exact) mass is 378 g/mol. The zero-order valence-corrected chi connectivity index (χ0v) is 14.6. The first kappa shape index (κ1) is 19.8. The molecule has 0 spiro atoms. The van der Waals surface area contributed by atoms with Gasteiger partial charge in [0.1, 0.15) is 11.6 Å². The lowest BCUT2D eigenvalue weighted by molar-refractivity contribution is -0.138. The smallest absolute Gasteiger partial charge is 0.354 e. The van der Waals surface area contributed by atoms with Gasteiger partial charge in [0.15, 0.2) is 0 Å². The Labute approximate surface area is 149 Å². The van der Waals surface area contributed by atoms with Gasteiger partial charge in [0, 0.05) is 12.7 Å². The molecule has 1 fully saturated rings. The predicted molar refractivity (Wildman–Crippen MR) is 89.5 cm³/mol. The Morgan fingerprint density at radius 3 is 2.40 bits per heavy atom. The molecule has 0 saturated heterocycles. The van der Waals surface area contributed by atoms with Gasteiger partial charge in [-0.1, -0.05) is 43.7 Å². The van der Waals surface area contributed by atoms with Crippen molar-refractivity contribution in [2.75, 3.05) is 6.54 Å². The van der Waals surface area contributed by atoms with E-state index in [1.165, 1.54) is 19.3 Å². The molecule has 0 atom stereocenters. The number of pyridine rings is 1. The highest BCUT2D eigenvalue weighted by Crippen LogP contribution is 2.29. The lowest BCUT2D eigenvalue weighted by Crippen LogP contribution is -2.35. The molecule has 1 amide bonds. The molecule has 1 heterocycles. The highest BCUT2D eigenvalue weighted by Gasteiger charge is 2.32. The summed E-state index contributed by atoms with van der Waals surface area (Å²) in [5.41, 5.74) is -1.86. The molecule has 1 aromatic heterocycles. The summed E-state index contributed by atoms with van der Waals surface area (Å²) in [6, 6.07) is 0.576. The summed E-state index contributed by atoms with van der Waals surface area (Å²) in [7, 11) is 0. The number of aromatic nitrogens is 1. The number of carbonyl (C=O) groups excluding carboxylic acids is 1. The highest BCUT2D eigenvalue weighted by atomic mass is 35.5. The zero-order chi connectivity index (χ0) is 18.4. The van der Waals surface area contributed by atoms with Gasteiger partial charge in [0.2, 0.25) is 5.91 Å². The Morgan fingerprint density at radius 1 is 1.20 bits per heavy atom. The van der Waals surface area contributed by atoms with Gasteiger partial charge in [0.25, 0.3) is 5.56 Å². The highest BCUT2D eigenvalue weighted by molar-refractivity contribution is 6.30. The lowest BCUT2D eigenvalue weighted by Gasteiger charge is -2.20. The molecule has 4 nitrogen and oxygen atoms in total. The first-order chi connectivity index (χ1) is 11.8. The van der Waals surface area contributed by atoms with E-state index >= 15 is 0 Å². The zero-order valence-electron chi connectivity index (χ0n) is 13.9. The molecule has 140 valence electrons. The van der Waals surface area contributed by atoms with Gasteiger partial charge in [-0.25, -0.2) is 0 Å². The molecule has 1 aliphatic rings. The maximum Gasteiger partial charge on any atom is 0.417 e. The number of hydrogen-bond acceptors (Lipinski definition) is 2. The van der Waals surface area contributed by atoms with Crippen LogP contribution in [0, 0.1) is 5.92 Å². The number of halogens is 4. The average Bonchev–Trinajstić information content (AvgIpc) is 2.49. The van der Waals surface area contributed by atoms with E-state index in [1.807, 2.05) is 0 Å². The van der Waals surface area contributed by atoms with Crippen LogP contribution in [-0.2, 0) is 17.5 Å². The van der Waals surface area contributed by atoms with E-state index in [0.29, 0.717) is 29.3 Å². The molecule has 0 radical (unpaired) electrons. The van der Waals surface area contributed by atoms with Crippen molar-refractivity contribution in [1.82, 2.24) is 9.88 Å². The SMILES string of the molecule is O=C(Cn1cc(C(F)(F)F)cc(Cl)c1=O)NCC1CCCCCCC1. The molecule has 8 heteroatoms. The van der Waals surface area contributed by atoms with Gasteiger partial charge in [-0.3, -0.25) is 9.59 Å². The van der Waals surface area contributed by atoms with Crippen LogP contribution in [0.25, 0.3) is 0 Å². The first-order valence-corrected chi connectivity index (χ1v) is 8.89. The van der Waals surface area contributed by atoms with E-state index in [-0.39, 0.29) is 0 Å². The van der Waals surface area contributed by atoms with Crippen LogP contribution in [0.4, 0.5) is 13.2 Å². The molecule has 0 unspecified atom stereocenters. The van der Waals surface area contributed by atoms with Gasteiger partial charge in [-0.2, -0.15) is 13.2 Å². The van der Waals surface area contributed by atoms with E-state index in [1.54, 1.807) is 0 Å². The topological polar surface area (TPSA) is 51.1 Å². The summed E-state index contributed by atoms with van der Waals surface area (Å²) in [6.07, 6.45) is 3.97. The number of rotatable bonds is 4. The van der Waals surface area contributed by atoms with E-state index in [0.717, 1.165) is 25.7 Å². The molecular weight excluding hydrogens is 357 g/mol. The van der Waals surface area contributed by atoms with E-state index in [2.05, 4.69) is 5.32 Å². The summed E-state index contributed by atoms with van der Waals surface area (Å²) < 4.78 is 39.1. The number of hydrogen-bond donors (Lipinski definition) is 1. The standard InChI is InChI=1S/C17H22ClF3N2O2/c18-14-8-13(17(19,20)21)10-23(16(14)25)11-15(24)22-9-12-6-4-2-1-3-5-7-12/h8,10,12H,1-7,9,11H2,(H,22,24). The summed E-state index contributed by atoms with van der Waals surface area (Å²) in [5.74, 6) is -0.106. The minimum absolute atomic E-state index is 0.381. The van der Waals surface area contributed by atoms with Crippen molar-refractivity contribution < 1.29 is 18.0 Å². The Hall–Kier alpha value is -1.50. The molecule has 0 aromatic carbocycles. The first-order valence-electron chi connectivity index (χ1n) is 8.51. The maximum absolute atomic E-state index is 12.8. The third-order valence-electron chi connectivity index (χ3n) is 4.50. The lowest BCUT2D eigenvalue weighted by atomic mass is 9.91. The molecule has 1 aromatic rings. The van der Waals surface area contributed by atoms with Gasteiger partial charge in [0.05, 0.1) is 5.56 Å². The molecule has 1 aliphatic carbocycles. The average molecular weight is 379 g/mol. The van der Waals surface area contributed by atoms with Crippen molar-refractivity contribution in [3.05, 3.63) is 33.2 Å². The Kier molecular flexibility index (Phi) is 6.93. The largest absolute Gasteiger partial charge is 0.417 e. The predicted octanol–water partition coefficient (Wildman–Crippen LogP) is 4.00. The normalized spacial score (nSPS) is 17.0. The number of alkyl halides is 3. The van der Waals surface area contributed by atoms with Crippen molar-refractivity contribution in [1.29, 1.82) is 0 Å². The molecule has 25 heavy (non-hydrogen) atoms. The Morgan fingerprint density at radius 2 is 1.80 bits per heavy atom. The number of carbonyl (C=O) groups is 1. The van der Waals surface area contributed by atoms with Crippen LogP contribution in [0.5, 0.6) is 0 Å². The molecule has 0 bridgehead atoms. The van der Waals surface area contributed by atoms with E-state index < -0.39 is 34.8 Å². The Bertz CT molecular complexity index is 650. The molecule has 0 aliphatic heterocycles. The van der Waals surface area contributed by atoms with Crippen LogP contribution in [0.3, 0.4) is 0 Å². The van der Waals surface area contributed by atoms with Gasteiger partial charge in [-0.15, -0.1) is 0 Å². The molecule has 2 rings (SSSR count). The third-order valence-corrected chi connectivity index (χ3v) is 4.77. The second-order valence-electron chi connectivity index (χ2n) is 6.52. The van der Waals surface area contributed by atoms with E-state index in [4.69, 9.17) is 11.6 Å². The van der Waals surface area contributed by atoms with E-state index in [9.17, 15) is 22.8 Å². The van der Waals surface area contributed by atoms with Crippen molar-refractivity contribution in [2.45, 2.75) is 57.7 Å². The summed E-state index contributed by atoms with van der Waals surface area (Å²) in [6.45, 7) is 0.00940. The van der Waals surface area contributed by atoms with Crippen LogP contribution >= 0.6 is 11.6 Å². The van der Waals surface area contributed by atoms with Gasteiger partial charge >= 0.3 is 6.18 Å². The van der Waals surface area contributed by atoms with Gasteiger partial charge in [-0.05, 0) is 24.8 Å². The molecule has 1 N–H and O–H groups in total. The minimum atomic E-state index is -4.63. The van der Waals surface area contributed by atoms with Crippen LogP contribution in [0.1, 0.15) is 50.5 Å². The number of amides is 1. The van der Waals surface area contributed by atoms with Crippen molar-refractivity contribution in [3.8, 4) is 0 Å². The quantitative estimate of drug-likeness (QED) is 0.861. The summed E-state index contributed by atoms with van der Waals surface area (Å²) >= 11 is 5.58. The summed E-state index contributed by atoms with van der Waals surface area (Å²) in [5, 5.41) is 2.18. The number of nitrogens with zero attached hydrogens (tertiary/aromatic N) is 1. The fourth-order valence-electron chi connectivity index (χ4n) is 3.09. The van der Waals surface area contributed by atoms with Crippen LogP contribution < -0.4 is 10.9 Å². The fraction of sp³-hybridized carbons (Fsp3) is 0.647. The van der Waals surface area contributed by atoms with Crippen molar-refractivity contribution in [2.24, 2.45) is 5.92 Å². The summed E-state index contributed by atoms with van der Waals surface area (Å²) in [4.78, 5) is 23.9. The second kappa shape index (κ2) is 8.74. The van der Waals surface area contributed by atoms with Crippen molar-refractivity contribution in [3.63, 3.8) is 0 Å². The van der Waals surface area contributed by atoms with Crippen LogP contribution in [0.15, 0.2) is 17.1 Å². The van der Waals surface area contributed by atoms with Crippen molar-refractivity contribution >= 4 is 17.5 Å². The maximum atomic E-state index is 12.8. The van der Waals surface area contributed by atoms with Crippen LogP contribution in [0.2, 0.25) is 5.02 Å². The second-order valence-corrected chi connectivity index (χ2v) is 6.93. The fourth-order valence-corrected chi connectivity index (χ4v) is 3.31. The minimum Gasteiger partial charge on any atom is -0.354 e. The molecule has 1 saturated carbocycles. The van der Waals surface area contributed by atoms with Gasteiger partial charge < -0.3 is 9.88 Å². The number of nitrogens with one attached hydrogen (secondary N) is 1.